The van der Waals surface area contributed by atoms with Crippen LogP contribution in [0.15, 0.2) is 6.20 Å². The Labute approximate surface area is 92.4 Å². The lowest BCUT2D eigenvalue weighted by molar-refractivity contribution is -0.137. The van der Waals surface area contributed by atoms with Gasteiger partial charge in [-0.1, -0.05) is 13.8 Å². The summed E-state index contributed by atoms with van der Waals surface area (Å²) in [5, 5.41) is 18.2. The van der Waals surface area contributed by atoms with Crippen LogP contribution < -0.4 is 0 Å². The van der Waals surface area contributed by atoms with E-state index in [0.29, 0.717) is 6.54 Å². The molecule has 0 aliphatic heterocycles. The van der Waals surface area contributed by atoms with Crippen molar-refractivity contribution >= 4 is 11.9 Å². The molecule has 1 aromatic rings. The number of aromatic amines is 1. The zero-order valence-corrected chi connectivity index (χ0v) is 9.17. The summed E-state index contributed by atoms with van der Waals surface area (Å²) in [5.41, 5.74) is 0.127. The van der Waals surface area contributed by atoms with Crippen LogP contribution in [0, 0.1) is 5.92 Å². The lowest BCUT2D eigenvalue weighted by Gasteiger charge is -2.21. The van der Waals surface area contributed by atoms with E-state index in [0.717, 1.165) is 0 Å². The fourth-order valence-corrected chi connectivity index (χ4v) is 1.29. The van der Waals surface area contributed by atoms with Gasteiger partial charge in [-0.05, 0) is 5.92 Å². The molecule has 0 aliphatic rings. The van der Waals surface area contributed by atoms with Gasteiger partial charge in [-0.15, -0.1) is 0 Å². The number of carboxylic acid groups (broad SMARTS) is 1. The number of carbonyl (C=O) groups excluding carboxylic acids is 1. The number of carboxylic acids is 1. The predicted molar refractivity (Wildman–Crippen MR) is 54.8 cm³/mol. The highest BCUT2D eigenvalue weighted by molar-refractivity contribution is 5.93. The molecule has 0 atom stereocenters. The van der Waals surface area contributed by atoms with Gasteiger partial charge in [0.1, 0.15) is 6.54 Å². The first kappa shape index (κ1) is 12.2. The Morgan fingerprint density at radius 1 is 1.56 bits per heavy atom. The van der Waals surface area contributed by atoms with Gasteiger partial charge in [-0.25, -0.2) is 0 Å². The molecular formula is C9H14N4O3. The van der Waals surface area contributed by atoms with E-state index < -0.39 is 11.9 Å². The fraction of sp³-hybridized carbons (Fsp3) is 0.556. The number of hydrogen-bond acceptors (Lipinski definition) is 4. The van der Waals surface area contributed by atoms with Crippen molar-refractivity contribution in [2.45, 2.75) is 13.8 Å². The number of rotatable bonds is 5. The van der Waals surface area contributed by atoms with Gasteiger partial charge in [0.2, 0.25) is 0 Å². The van der Waals surface area contributed by atoms with Gasteiger partial charge >= 0.3 is 5.97 Å². The van der Waals surface area contributed by atoms with Crippen molar-refractivity contribution in [3.05, 3.63) is 11.9 Å². The second kappa shape index (κ2) is 5.24. The maximum atomic E-state index is 11.8. The Balaban J connectivity index is 2.75. The maximum Gasteiger partial charge on any atom is 0.323 e. The molecule has 0 saturated heterocycles. The van der Waals surface area contributed by atoms with Gasteiger partial charge < -0.3 is 10.0 Å². The monoisotopic (exact) mass is 226 g/mol. The minimum absolute atomic E-state index is 0.127. The van der Waals surface area contributed by atoms with E-state index in [1.807, 2.05) is 13.8 Å². The van der Waals surface area contributed by atoms with Crippen LogP contribution in [0.4, 0.5) is 0 Å². The van der Waals surface area contributed by atoms with Crippen LogP contribution in [-0.4, -0.2) is 50.4 Å². The summed E-state index contributed by atoms with van der Waals surface area (Å²) in [4.78, 5) is 23.7. The maximum absolute atomic E-state index is 11.8. The molecule has 0 fully saturated rings. The molecule has 1 amide bonds. The Kier molecular flexibility index (Phi) is 3.98. The summed E-state index contributed by atoms with van der Waals surface area (Å²) in [6.45, 7) is 3.86. The molecule has 16 heavy (non-hydrogen) atoms. The summed E-state index contributed by atoms with van der Waals surface area (Å²) in [6, 6.07) is 0. The van der Waals surface area contributed by atoms with Crippen molar-refractivity contribution in [1.82, 2.24) is 20.3 Å². The van der Waals surface area contributed by atoms with Crippen LogP contribution in [0.25, 0.3) is 0 Å². The van der Waals surface area contributed by atoms with Gasteiger partial charge in [0.25, 0.3) is 5.91 Å². The van der Waals surface area contributed by atoms with E-state index in [9.17, 15) is 9.59 Å². The summed E-state index contributed by atoms with van der Waals surface area (Å²) in [7, 11) is 0. The lowest BCUT2D eigenvalue weighted by atomic mass is 10.2. The predicted octanol–water partition coefficient (Wildman–Crippen LogP) is -0.0125. The number of carbonyl (C=O) groups is 2. The molecule has 88 valence electrons. The molecule has 2 N–H and O–H groups in total. The Morgan fingerprint density at radius 3 is 2.69 bits per heavy atom. The first-order valence-electron chi connectivity index (χ1n) is 4.87. The van der Waals surface area contributed by atoms with E-state index in [2.05, 4.69) is 15.4 Å². The zero-order valence-electron chi connectivity index (χ0n) is 9.17. The normalized spacial score (nSPS) is 10.4. The third-order valence-corrected chi connectivity index (χ3v) is 1.83. The van der Waals surface area contributed by atoms with E-state index in [-0.39, 0.29) is 18.2 Å². The standard InChI is InChI=1S/C9H14N4O3/c1-6(2)4-13(5-8(14)15)9(16)7-3-10-12-11-7/h3,6H,4-5H2,1-2H3,(H,14,15)(H,10,11,12). The summed E-state index contributed by atoms with van der Waals surface area (Å²) < 4.78 is 0. The third-order valence-electron chi connectivity index (χ3n) is 1.83. The fourth-order valence-electron chi connectivity index (χ4n) is 1.29. The number of aromatic nitrogens is 3. The number of hydrogen-bond donors (Lipinski definition) is 2. The molecule has 0 spiro atoms. The van der Waals surface area contributed by atoms with E-state index in [4.69, 9.17) is 5.11 Å². The Morgan fingerprint density at radius 2 is 2.25 bits per heavy atom. The number of aliphatic carboxylic acids is 1. The molecule has 0 unspecified atom stereocenters. The summed E-state index contributed by atoms with van der Waals surface area (Å²) >= 11 is 0. The molecule has 0 bridgehead atoms. The first-order chi connectivity index (χ1) is 7.50. The van der Waals surface area contributed by atoms with Crippen molar-refractivity contribution in [2.75, 3.05) is 13.1 Å². The minimum Gasteiger partial charge on any atom is -0.480 e. The summed E-state index contributed by atoms with van der Waals surface area (Å²) in [6.07, 6.45) is 1.28. The van der Waals surface area contributed by atoms with Crippen molar-refractivity contribution in [3.8, 4) is 0 Å². The van der Waals surface area contributed by atoms with Gasteiger partial charge in [0.05, 0.1) is 6.20 Å². The molecule has 7 heteroatoms. The molecule has 0 aromatic carbocycles. The van der Waals surface area contributed by atoms with E-state index in [1.54, 1.807) is 0 Å². The van der Waals surface area contributed by atoms with Crippen molar-refractivity contribution in [3.63, 3.8) is 0 Å². The van der Waals surface area contributed by atoms with Gasteiger partial charge in [0.15, 0.2) is 5.69 Å². The van der Waals surface area contributed by atoms with Gasteiger partial charge in [0, 0.05) is 6.54 Å². The molecule has 0 aliphatic carbocycles. The average Bonchev–Trinajstić information content (AvgIpc) is 2.66. The Bertz CT molecular complexity index is 361. The smallest absolute Gasteiger partial charge is 0.323 e. The SMILES string of the molecule is CC(C)CN(CC(=O)O)C(=O)c1cn[nH]n1. The van der Waals surface area contributed by atoms with E-state index >= 15 is 0 Å². The van der Waals surface area contributed by atoms with Crippen molar-refractivity contribution in [2.24, 2.45) is 5.92 Å². The second-order valence-electron chi connectivity index (χ2n) is 3.83. The van der Waals surface area contributed by atoms with Gasteiger partial charge in [-0.2, -0.15) is 15.4 Å². The molecular weight excluding hydrogens is 212 g/mol. The van der Waals surface area contributed by atoms with Gasteiger partial charge in [-0.3, -0.25) is 9.59 Å². The van der Waals surface area contributed by atoms with Crippen LogP contribution in [0.3, 0.4) is 0 Å². The van der Waals surface area contributed by atoms with Crippen LogP contribution >= 0.6 is 0 Å². The van der Waals surface area contributed by atoms with Crippen LogP contribution in [0.1, 0.15) is 24.3 Å². The van der Waals surface area contributed by atoms with Crippen molar-refractivity contribution < 1.29 is 14.7 Å². The molecule has 1 aromatic heterocycles. The molecule has 0 radical (unpaired) electrons. The number of H-pyrrole nitrogens is 1. The third kappa shape index (κ3) is 3.34. The minimum atomic E-state index is -1.04. The highest BCUT2D eigenvalue weighted by atomic mass is 16.4. The molecule has 0 saturated carbocycles. The number of amides is 1. The Hall–Kier alpha value is -1.92. The largest absolute Gasteiger partial charge is 0.480 e. The zero-order chi connectivity index (χ0) is 12.1. The highest BCUT2D eigenvalue weighted by Gasteiger charge is 2.21. The van der Waals surface area contributed by atoms with E-state index in [1.165, 1.54) is 11.1 Å². The second-order valence-corrected chi connectivity index (χ2v) is 3.83. The van der Waals surface area contributed by atoms with Crippen molar-refractivity contribution in [1.29, 1.82) is 0 Å². The summed E-state index contributed by atoms with van der Waals surface area (Å²) in [5.74, 6) is -1.28. The topological polar surface area (TPSA) is 99.2 Å². The highest BCUT2D eigenvalue weighted by Crippen LogP contribution is 2.04. The molecule has 1 rings (SSSR count). The first-order valence-corrected chi connectivity index (χ1v) is 4.87. The number of nitrogens with zero attached hydrogens (tertiary/aromatic N) is 3. The quantitative estimate of drug-likeness (QED) is 0.735. The average molecular weight is 226 g/mol. The lowest BCUT2D eigenvalue weighted by Crippen LogP contribution is -2.38. The van der Waals surface area contributed by atoms with Crippen LogP contribution in [0.5, 0.6) is 0 Å². The van der Waals surface area contributed by atoms with Crippen LogP contribution in [-0.2, 0) is 4.79 Å². The number of nitrogens with one attached hydrogen (secondary N) is 1. The van der Waals surface area contributed by atoms with Crippen LogP contribution in [0.2, 0.25) is 0 Å². The molecule has 7 nitrogen and oxygen atoms in total. The molecule has 1 heterocycles.